The summed E-state index contributed by atoms with van der Waals surface area (Å²) < 4.78 is 10.5. The molecule has 0 saturated carbocycles. The first-order chi connectivity index (χ1) is 16.8. The van der Waals surface area contributed by atoms with E-state index in [1.54, 1.807) is 38.6 Å². The first-order valence-corrected chi connectivity index (χ1v) is 10.9. The summed E-state index contributed by atoms with van der Waals surface area (Å²) >= 11 is 0. The minimum absolute atomic E-state index is 0.208. The van der Waals surface area contributed by atoms with E-state index in [0.29, 0.717) is 46.7 Å². The van der Waals surface area contributed by atoms with Crippen LogP contribution in [0.25, 0.3) is 0 Å². The summed E-state index contributed by atoms with van der Waals surface area (Å²) in [5.41, 5.74) is 2.15. The van der Waals surface area contributed by atoms with Crippen LogP contribution < -0.4 is 25.0 Å². The molecule has 3 heterocycles. The average Bonchev–Trinajstić information content (AvgIpc) is 3.45. The Morgan fingerprint density at radius 2 is 1.54 bits per heavy atom. The van der Waals surface area contributed by atoms with Gasteiger partial charge in [-0.1, -0.05) is 0 Å². The number of aliphatic carboxylic acids is 2. The molecule has 11 heteroatoms. The van der Waals surface area contributed by atoms with Crippen molar-refractivity contribution in [2.24, 2.45) is 11.8 Å². The van der Waals surface area contributed by atoms with E-state index in [2.05, 4.69) is 20.5 Å². The monoisotopic (exact) mass is 484 g/mol. The standard InChI is InChI=1S/C20H24N4O3.C4H4O4/c1-26-18-4-16(5-19(6-18)27-2)23-20(25)13-3-17(10-22-7-13)24-11-14-8-21-9-15(14)12-24;5-3(6)1-2-4(7)8/h3-7,10,14-15,21H,8-9,11-12H2,1-2H3,(H,23,25);1-2H,(H,5,6)(H,7,8)/b;2-1+/t14-,15+;. The summed E-state index contributed by atoms with van der Waals surface area (Å²) in [7, 11) is 3.16. The molecular weight excluding hydrogens is 456 g/mol. The van der Waals surface area contributed by atoms with Gasteiger partial charge in [-0.25, -0.2) is 9.59 Å². The van der Waals surface area contributed by atoms with Gasteiger partial charge in [0.15, 0.2) is 0 Å². The fourth-order valence-corrected chi connectivity index (χ4v) is 4.02. The number of rotatable bonds is 7. The van der Waals surface area contributed by atoms with Gasteiger partial charge < -0.3 is 35.2 Å². The van der Waals surface area contributed by atoms with E-state index in [-0.39, 0.29) is 5.91 Å². The maximum absolute atomic E-state index is 12.7. The van der Waals surface area contributed by atoms with Crippen molar-refractivity contribution in [1.82, 2.24) is 10.3 Å². The number of carbonyl (C=O) groups excluding carboxylic acids is 1. The third-order valence-corrected chi connectivity index (χ3v) is 5.72. The second-order valence-electron chi connectivity index (χ2n) is 8.08. The molecule has 0 aliphatic carbocycles. The Hall–Kier alpha value is -4.12. The van der Waals surface area contributed by atoms with Gasteiger partial charge in [0.2, 0.25) is 0 Å². The molecule has 2 saturated heterocycles. The first-order valence-electron chi connectivity index (χ1n) is 10.9. The van der Waals surface area contributed by atoms with Crippen molar-refractivity contribution in [1.29, 1.82) is 0 Å². The Kier molecular flexibility index (Phi) is 8.63. The lowest BCUT2D eigenvalue weighted by molar-refractivity contribution is -0.134. The zero-order valence-electron chi connectivity index (χ0n) is 19.4. The van der Waals surface area contributed by atoms with E-state index in [0.717, 1.165) is 31.9 Å². The van der Waals surface area contributed by atoms with Crippen LogP contribution in [0.3, 0.4) is 0 Å². The SMILES string of the molecule is COc1cc(NC(=O)c2cncc(N3C[C@H]4CNC[C@H]4C3)c2)cc(OC)c1.O=C(O)/C=C/C(=O)O. The second kappa shape index (κ2) is 11.8. The number of pyridine rings is 1. The number of fused-ring (bicyclic) bond motifs is 1. The normalized spacial score (nSPS) is 18.4. The minimum Gasteiger partial charge on any atom is -0.497 e. The lowest BCUT2D eigenvalue weighted by Crippen LogP contribution is -2.26. The Balaban J connectivity index is 0.000000371. The van der Waals surface area contributed by atoms with Crippen LogP contribution in [-0.2, 0) is 9.59 Å². The molecule has 4 rings (SSSR count). The summed E-state index contributed by atoms with van der Waals surface area (Å²) in [6.45, 7) is 4.17. The third kappa shape index (κ3) is 7.18. The number of hydrogen-bond donors (Lipinski definition) is 4. The smallest absolute Gasteiger partial charge is 0.328 e. The molecule has 11 nitrogen and oxygen atoms in total. The molecule has 186 valence electrons. The van der Waals surface area contributed by atoms with Crippen LogP contribution in [-0.4, -0.2) is 73.4 Å². The highest BCUT2D eigenvalue weighted by atomic mass is 16.5. The molecule has 0 spiro atoms. The van der Waals surface area contributed by atoms with Crippen LogP contribution in [0.5, 0.6) is 11.5 Å². The Morgan fingerprint density at radius 1 is 0.971 bits per heavy atom. The number of carboxylic acids is 2. The van der Waals surface area contributed by atoms with Crippen molar-refractivity contribution in [3.63, 3.8) is 0 Å². The highest BCUT2D eigenvalue weighted by molar-refractivity contribution is 6.04. The molecule has 4 N–H and O–H groups in total. The van der Waals surface area contributed by atoms with Crippen LogP contribution in [0.4, 0.5) is 11.4 Å². The van der Waals surface area contributed by atoms with E-state index in [9.17, 15) is 14.4 Å². The highest BCUT2D eigenvalue weighted by Gasteiger charge is 2.36. The van der Waals surface area contributed by atoms with Gasteiger partial charge in [-0.15, -0.1) is 0 Å². The van der Waals surface area contributed by atoms with E-state index in [1.165, 1.54) is 0 Å². The lowest BCUT2D eigenvalue weighted by Gasteiger charge is -2.20. The molecule has 1 aromatic carbocycles. The fraction of sp³-hybridized carbons (Fsp3) is 0.333. The molecular formula is C24H28N4O7. The predicted octanol–water partition coefficient (Wildman–Crippen LogP) is 1.72. The quantitative estimate of drug-likeness (QED) is 0.428. The van der Waals surface area contributed by atoms with Crippen molar-refractivity contribution in [3.05, 3.63) is 54.4 Å². The van der Waals surface area contributed by atoms with Crippen molar-refractivity contribution >= 4 is 29.2 Å². The molecule has 1 amide bonds. The van der Waals surface area contributed by atoms with Crippen molar-refractivity contribution in [3.8, 4) is 11.5 Å². The van der Waals surface area contributed by atoms with Crippen LogP contribution in [0, 0.1) is 11.8 Å². The van der Waals surface area contributed by atoms with Gasteiger partial charge in [0.1, 0.15) is 11.5 Å². The fourth-order valence-electron chi connectivity index (χ4n) is 4.02. The number of nitrogens with zero attached hydrogens (tertiary/aromatic N) is 2. The largest absolute Gasteiger partial charge is 0.497 e. The van der Waals surface area contributed by atoms with E-state index >= 15 is 0 Å². The maximum atomic E-state index is 12.7. The molecule has 2 aliphatic rings. The summed E-state index contributed by atoms with van der Waals surface area (Å²) in [5, 5.41) is 22.0. The number of methoxy groups -OCH3 is 2. The van der Waals surface area contributed by atoms with Crippen LogP contribution in [0.2, 0.25) is 0 Å². The number of carboxylic acid groups (broad SMARTS) is 2. The number of aromatic nitrogens is 1. The summed E-state index contributed by atoms with van der Waals surface area (Å²) in [4.78, 5) is 38.4. The van der Waals surface area contributed by atoms with Gasteiger partial charge in [0, 0.05) is 68.4 Å². The number of anilines is 2. The van der Waals surface area contributed by atoms with Gasteiger partial charge in [-0.05, 0) is 17.9 Å². The third-order valence-electron chi connectivity index (χ3n) is 5.72. The highest BCUT2D eigenvalue weighted by Crippen LogP contribution is 2.31. The molecule has 2 aliphatic heterocycles. The maximum Gasteiger partial charge on any atom is 0.328 e. The molecule has 1 aromatic heterocycles. The number of hydrogen-bond acceptors (Lipinski definition) is 8. The number of carbonyl (C=O) groups is 3. The summed E-state index contributed by atoms with van der Waals surface area (Å²) in [6, 6.07) is 7.18. The lowest BCUT2D eigenvalue weighted by atomic mass is 10.0. The minimum atomic E-state index is -1.26. The Bertz CT molecular complexity index is 1050. The van der Waals surface area contributed by atoms with Crippen LogP contribution >= 0.6 is 0 Å². The number of nitrogens with one attached hydrogen (secondary N) is 2. The second-order valence-corrected chi connectivity index (χ2v) is 8.08. The zero-order valence-corrected chi connectivity index (χ0v) is 19.4. The van der Waals surface area contributed by atoms with Crippen molar-refractivity contribution in [2.75, 3.05) is 50.6 Å². The van der Waals surface area contributed by atoms with Crippen molar-refractivity contribution < 1.29 is 34.1 Å². The van der Waals surface area contributed by atoms with E-state index < -0.39 is 11.9 Å². The van der Waals surface area contributed by atoms with Gasteiger partial charge in [-0.2, -0.15) is 0 Å². The molecule has 0 unspecified atom stereocenters. The number of ether oxygens (including phenoxy) is 2. The van der Waals surface area contributed by atoms with Crippen molar-refractivity contribution in [2.45, 2.75) is 0 Å². The number of benzene rings is 1. The van der Waals surface area contributed by atoms with Gasteiger partial charge >= 0.3 is 11.9 Å². The van der Waals surface area contributed by atoms with E-state index in [1.807, 2.05) is 12.3 Å². The molecule has 2 fully saturated rings. The van der Waals surface area contributed by atoms with Gasteiger partial charge in [0.25, 0.3) is 5.91 Å². The van der Waals surface area contributed by atoms with E-state index in [4.69, 9.17) is 19.7 Å². The summed E-state index contributed by atoms with van der Waals surface area (Å²) in [6.07, 6.45) is 4.54. The Morgan fingerprint density at radius 3 is 2.06 bits per heavy atom. The molecule has 2 atom stereocenters. The van der Waals surface area contributed by atoms with Crippen LogP contribution in [0.1, 0.15) is 10.4 Å². The predicted molar refractivity (Wildman–Crippen MR) is 128 cm³/mol. The Labute approximate surface area is 202 Å². The first kappa shape index (κ1) is 25.5. The van der Waals surface area contributed by atoms with Gasteiger partial charge in [-0.3, -0.25) is 9.78 Å². The average molecular weight is 485 g/mol. The summed E-state index contributed by atoms with van der Waals surface area (Å²) in [5.74, 6) is -0.110. The molecule has 0 radical (unpaired) electrons. The molecule has 35 heavy (non-hydrogen) atoms. The molecule has 2 aromatic rings. The van der Waals surface area contributed by atoms with Crippen LogP contribution in [0.15, 0.2) is 48.8 Å². The zero-order chi connectivity index (χ0) is 25.4. The number of amides is 1. The topological polar surface area (TPSA) is 150 Å². The molecule has 0 bridgehead atoms. The van der Waals surface area contributed by atoms with Gasteiger partial charge in [0.05, 0.1) is 31.7 Å².